The minimum absolute atomic E-state index is 0.243. The molecule has 0 saturated carbocycles. The maximum atomic E-state index is 10.9. The number of carboxylic acids is 1. The lowest BCUT2D eigenvalue weighted by Gasteiger charge is -2.21. The Hall–Kier alpha value is -2.36. The summed E-state index contributed by atoms with van der Waals surface area (Å²) in [6.07, 6.45) is 6.42. The lowest BCUT2D eigenvalue weighted by molar-refractivity contribution is -0.132. The number of aliphatic carboxylic acids is 1. The van der Waals surface area contributed by atoms with Gasteiger partial charge in [-0.2, -0.15) is 0 Å². The van der Waals surface area contributed by atoms with Crippen LogP contribution < -0.4 is 4.74 Å². The monoisotopic (exact) mass is 241 g/mol. The molecule has 0 saturated heterocycles. The van der Waals surface area contributed by atoms with Gasteiger partial charge in [0.2, 0.25) is 0 Å². The fourth-order valence-electron chi connectivity index (χ4n) is 2.03. The summed E-state index contributed by atoms with van der Waals surface area (Å²) in [5.41, 5.74) is 1.16. The van der Waals surface area contributed by atoms with Crippen molar-refractivity contribution in [2.75, 3.05) is 0 Å². The minimum atomic E-state index is -0.943. The minimum Gasteiger partial charge on any atom is -0.483 e. The van der Waals surface area contributed by atoms with Crippen molar-refractivity contribution in [3.63, 3.8) is 0 Å². The van der Waals surface area contributed by atoms with Crippen molar-refractivity contribution in [1.29, 1.82) is 0 Å². The maximum Gasteiger partial charge on any atom is 0.335 e. The van der Waals surface area contributed by atoms with Crippen molar-refractivity contribution < 1.29 is 14.6 Å². The molecule has 90 valence electrons. The second kappa shape index (κ2) is 4.14. The van der Waals surface area contributed by atoms with Crippen molar-refractivity contribution in [2.45, 2.75) is 12.1 Å². The summed E-state index contributed by atoms with van der Waals surface area (Å²) in [6.45, 7) is 0. The summed E-state index contributed by atoms with van der Waals surface area (Å²) >= 11 is 0. The average molecular weight is 241 g/mol. The highest BCUT2D eigenvalue weighted by Crippen LogP contribution is 2.26. The first kappa shape index (κ1) is 10.8. The number of fused-ring (bicyclic) bond motifs is 2. The third-order valence-corrected chi connectivity index (χ3v) is 2.97. The average Bonchev–Trinajstić information content (AvgIpc) is 2.56. The number of carbonyl (C=O) groups is 1. The molecule has 4 heteroatoms. The summed E-state index contributed by atoms with van der Waals surface area (Å²) in [6, 6.07) is 7.33. The molecule has 2 unspecified atom stereocenters. The normalized spacial score (nSPS) is 24.3. The molecule has 1 aliphatic heterocycles. The van der Waals surface area contributed by atoms with Gasteiger partial charge >= 0.3 is 5.97 Å². The van der Waals surface area contributed by atoms with E-state index in [1.165, 1.54) is 0 Å². The molecule has 2 aliphatic rings. The summed E-state index contributed by atoms with van der Waals surface area (Å²) in [7, 11) is 0. The van der Waals surface area contributed by atoms with Gasteiger partial charge in [0.1, 0.15) is 17.9 Å². The van der Waals surface area contributed by atoms with Gasteiger partial charge in [0, 0.05) is 11.8 Å². The van der Waals surface area contributed by atoms with Crippen LogP contribution >= 0.6 is 0 Å². The standard InChI is InChI=1S/C14H11NO3/c16-14(17)9-5-6-13-11(7-9)15-8-10-3-1-2-4-12(10)18-13/h1-8,11,13H,(H,16,17). The number of hydrogen-bond donors (Lipinski definition) is 1. The van der Waals surface area contributed by atoms with Gasteiger partial charge in [0.25, 0.3) is 0 Å². The van der Waals surface area contributed by atoms with Crippen LogP contribution in [0.5, 0.6) is 5.75 Å². The predicted octanol–water partition coefficient (Wildman–Crippen LogP) is 1.82. The lowest BCUT2D eigenvalue weighted by Crippen LogP contribution is -2.29. The third kappa shape index (κ3) is 1.82. The molecule has 0 spiro atoms. The largest absolute Gasteiger partial charge is 0.483 e. The molecular weight excluding hydrogens is 230 g/mol. The van der Waals surface area contributed by atoms with Crippen LogP contribution in [-0.2, 0) is 4.79 Å². The number of para-hydroxylation sites is 1. The summed E-state index contributed by atoms with van der Waals surface area (Å²) in [5.74, 6) is -0.174. The van der Waals surface area contributed by atoms with E-state index in [0.717, 1.165) is 11.3 Å². The van der Waals surface area contributed by atoms with Crippen LogP contribution in [0.3, 0.4) is 0 Å². The third-order valence-electron chi connectivity index (χ3n) is 2.97. The molecule has 0 bridgehead atoms. The Labute approximate surface area is 104 Å². The van der Waals surface area contributed by atoms with Gasteiger partial charge in [-0.1, -0.05) is 12.1 Å². The molecule has 3 rings (SSSR count). The Morgan fingerprint density at radius 2 is 2.17 bits per heavy atom. The van der Waals surface area contributed by atoms with Crippen molar-refractivity contribution in [1.82, 2.24) is 0 Å². The Morgan fingerprint density at radius 3 is 3.00 bits per heavy atom. The van der Waals surface area contributed by atoms with E-state index in [1.54, 1.807) is 24.4 Å². The zero-order chi connectivity index (χ0) is 12.5. The molecule has 1 aromatic rings. The van der Waals surface area contributed by atoms with Crippen LogP contribution in [0, 0.1) is 0 Å². The van der Waals surface area contributed by atoms with Crippen molar-refractivity contribution in [3.8, 4) is 5.75 Å². The molecule has 0 aromatic heterocycles. The molecule has 0 fully saturated rings. The summed E-state index contributed by atoms with van der Waals surface area (Å²) < 4.78 is 5.84. The van der Waals surface area contributed by atoms with E-state index in [4.69, 9.17) is 9.84 Å². The van der Waals surface area contributed by atoms with E-state index in [-0.39, 0.29) is 17.7 Å². The van der Waals surface area contributed by atoms with Gasteiger partial charge in [0.15, 0.2) is 0 Å². The highest BCUT2D eigenvalue weighted by Gasteiger charge is 2.26. The summed E-state index contributed by atoms with van der Waals surface area (Å²) in [5, 5.41) is 8.96. The molecular formula is C14H11NO3. The van der Waals surface area contributed by atoms with E-state index in [2.05, 4.69) is 4.99 Å². The van der Waals surface area contributed by atoms with Crippen LogP contribution in [0.1, 0.15) is 5.56 Å². The smallest absolute Gasteiger partial charge is 0.335 e. The molecule has 1 N–H and O–H groups in total. The van der Waals surface area contributed by atoms with E-state index >= 15 is 0 Å². The Morgan fingerprint density at radius 1 is 1.33 bits per heavy atom. The molecule has 0 amide bonds. The number of hydrogen-bond acceptors (Lipinski definition) is 3. The zero-order valence-corrected chi connectivity index (χ0v) is 9.48. The number of nitrogens with zero attached hydrogens (tertiary/aromatic N) is 1. The quantitative estimate of drug-likeness (QED) is 0.815. The first-order chi connectivity index (χ1) is 8.74. The molecule has 1 aromatic carbocycles. The fourth-order valence-corrected chi connectivity index (χ4v) is 2.03. The number of aliphatic imine (C=N–C) groups is 1. The van der Waals surface area contributed by atoms with Gasteiger partial charge in [-0.3, -0.25) is 4.99 Å². The van der Waals surface area contributed by atoms with E-state index in [1.807, 2.05) is 24.3 Å². The Bertz CT molecular complexity index is 586. The van der Waals surface area contributed by atoms with Crippen LogP contribution in [0.25, 0.3) is 0 Å². The molecule has 0 radical (unpaired) electrons. The van der Waals surface area contributed by atoms with Crippen molar-refractivity contribution in [3.05, 3.63) is 53.6 Å². The number of ether oxygens (including phenoxy) is 1. The van der Waals surface area contributed by atoms with Gasteiger partial charge in [-0.05, 0) is 30.4 Å². The van der Waals surface area contributed by atoms with Crippen LogP contribution in [0.4, 0.5) is 0 Å². The fraction of sp³-hybridized carbons (Fsp3) is 0.143. The second-order valence-corrected chi connectivity index (χ2v) is 4.18. The molecule has 2 atom stereocenters. The van der Waals surface area contributed by atoms with Gasteiger partial charge in [-0.15, -0.1) is 0 Å². The van der Waals surface area contributed by atoms with Crippen LogP contribution in [0.15, 0.2) is 53.1 Å². The number of rotatable bonds is 1. The van der Waals surface area contributed by atoms with E-state index in [0.29, 0.717) is 0 Å². The lowest BCUT2D eigenvalue weighted by atomic mass is 10.0. The van der Waals surface area contributed by atoms with Crippen LogP contribution in [-0.4, -0.2) is 29.4 Å². The van der Waals surface area contributed by atoms with E-state index in [9.17, 15) is 4.79 Å². The highest BCUT2D eigenvalue weighted by atomic mass is 16.5. The first-order valence-corrected chi connectivity index (χ1v) is 5.66. The second-order valence-electron chi connectivity index (χ2n) is 4.18. The Kier molecular flexibility index (Phi) is 2.48. The Balaban J connectivity index is 1.97. The molecule has 1 aliphatic carbocycles. The highest BCUT2D eigenvalue weighted by molar-refractivity contribution is 5.91. The van der Waals surface area contributed by atoms with E-state index < -0.39 is 5.97 Å². The van der Waals surface area contributed by atoms with Gasteiger partial charge in [0.05, 0.1) is 5.57 Å². The van der Waals surface area contributed by atoms with Crippen molar-refractivity contribution in [2.24, 2.45) is 4.99 Å². The zero-order valence-electron chi connectivity index (χ0n) is 9.48. The topological polar surface area (TPSA) is 58.9 Å². The predicted molar refractivity (Wildman–Crippen MR) is 67.1 cm³/mol. The maximum absolute atomic E-state index is 10.9. The molecule has 1 heterocycles. The van der Waals surface area contributed by atoms with Crippen LogP contribution in [0.2, 0.25) is 0 Å². The van der Waals surface area contributed by atoms with Crippen molar-refractivity contribution >= 4 is 12.2 Å². The van der Waals surface area contributed by atoms with Gasteiger partial charge in [-0.25, -0.2) is 4.79 Å². The van der Waals surface area contributed by atoms with Gasteiger partial charge < -0.3 is 9.84 Å². The number of benzene rings is 1. The first-order valence-electron chi connectivity index (χ1n) is 5.66. The molecule has 18 heavy (non-hydrogen) atoms. The summed E-state index contributed by atoms with van der Waals surface area (Å²) in [4.78, 5) is 15.3. The SMILES string of the molecule is O=C(O)C1=CC2N=Cc3ccccc3OC2C=C1. The molecule has 4 nitrogen and oxygen atoms in total. The number of carboxylic acid groups (broad SMARTS) is 1.